The number of aryl methyl sites for hydroxylation is 2. The third-order valence-corrected chi connectivity index (χ3v) is 3.55. The Morgan fingerprint density at radius 2 is 1.95 bits per heavy atom. The summed E-state index contributed by atoms with van der Waals surface area (Å²) in [4.78, 5) is 12.6. The standard InChI is InChI=1S/C17H27NO2/c1-11(2)6-14(10-18)9-15(19)17-13(4)7-12(3)8-16(17)20-5/h7-8,11,14H,6,9-10,18H2,1-5H3. The number of ether oxygens (including phenoxy) is 1. The predicted molar refractivity (Wildman–Crippen MR) is 83.4 cm³/mol. The number of ketones is 1. The monoisotopic (exact) mass is 277 g/mol. The highest BCUT2D eigenvalue weighted by atomic mass is 16.5. The Morgan fingerprint density at radius 1 is 1.30 bits per heavy atom. The molecule has 0 bridgehead atoms. The Bertz CT molecular complexity index is 466. The molecule has 0 heterocycles. The van der Waals surface area contributed by atoms with Crippen LogP contribution in [-0.2, 0) is 0 Å². The van der Waals surface area contributed by atoms with Crippen molar-refractivity contribution >= 4 is 5.78 Å². The van der Waals surface area contributed by atoms with E-state index >= 15 is 0 Å². The molecule has 112 valence electrons. The SMILES string of the molecule is COc1cc(C)cc(C)c1C(=O)CC(CN)CC(C)C. The van der Waals surface area contributed by atoms with E-state index < -0.39 is 0 Å². The molecule has 1 aromatic rings. The van der Waals surface area contributed by atoms with Crippen molar-refractivity contribution < 1.29 is 9.53 Å². The zero-order valence-electron chi connectivity index (χ0n) is 13.3. The van der Waals surface area contributed by atoms with Gasteiger partial charge in [-0.2, -0.15) is 0 Å². The average molecular weight is 277 g/mol. The molecule has 0 saturated carbocycles. The molecule has 0 aliphatic heterocycles. The van der Waals surface area contributed by atoms with Crippen molar-refractivity contribution in [3.63, 3.8) is 0 Å². The minimum Gasteiger partial charge on any atom is -0.496 e. The maximum atomic E-state index is 12.6. The van der Waals surface area contributed by atoms with E-state index in [-0.39, 0.29) is 11.7 Å². The molecule has 3 heteroatoms. The van der Waals surface area contributed by atoms with Gasteiger partial charge in [-0.1, -0.05) is 19.9 Å². The van der Waals surface area contributed by atoms with E-state index in [0.717, 1.165) is 17.5 Å². The lowest BCUT2D eigenvalue weighted by Gasteiger charge is -2.18. The molecular weight excluding hydrogens is 250 g/mol. The number of methoxy groups -OCH3 is 1. The summed E-state index contributed by atoms with van der Waals surface area (Å²) in [6.07, 6.45) is 1.48. The first-order chi connectivity index (χ1) is 9.38. The normalized spacial score (nSPS) is 12.6. The number of Topliss-reactive ketones (excluding diaryl/α,β-unsaturated/α-hetero) is 1. The molecule has 0 amide bonds. The highest BCUT2D eigenvalue weighted by molar-refractivity contribution is 6.00. The van der Waals surface area contributed by atoms with E-state index in [0.29, 0.717) is 30.2 Å². The van der Waals surface area contributed by atoms with E-state index in [1.165, 1.54) is 0 Å². The zero-order chi connectivity index (χ0) is 15.3. The van der Waals surface area contributed by atoms with Crippen LogP contribution in [0.15, 0.2) is 12.1 Å². The van der Waals surface area contributed by atoms with Crippen molar-refractivity contribution in [3.05, 3.63) is 28.8 Å². The van der Waals surface area contributed by atoms with Crippen molar-refractivity contribution in [3.8, 4) is 5.75 Å². The van der Waals surface area contributed by atoms with Crippen molar-refractivity contribution in [1.29, 1.82) is 0 Å². The molecule has 0 spiro atoms. The molecule has 0 aliphatic rings. The van der Waals surface area contributed by atoms with Crippen LogP contribution < -0.4 is 10.5 Å². The van der Waals surface area contributed by atoms with Crippen LogP contribution in [0.2, 0.25) is 0 Å². The number of hydrogen-bond donors (Lipinski definition) is 1. The van der Waals surface area contributed by atoms with Gasteiger partial charge < -0.3 is 10.5 Å². The third kappa shape index (κ3) is 4.34. The summed E-state index contributed by atoms with van der Waals surface area (Å²) in [7, 11) is 1.61. The Morgan fingerprint density at radius 3 is 2.45 bits per heavy atom. The van der Waals surface area contributed by atoms with Crippen molar-refractivity contribution in [2.45, 2.75) is 40.5 Å². The molecule has 20 heavy (non-hydrogen) atoms. The molecule has 3 nitrogen and oxygen atoms in total. The van der Waals surface area contributed by atoms with Gasteiger partial charge in [-0.3, -0.25) is 4.79 Å². The van der Waals surface area contributed by atoms with Crippen molar-refractivity contribution in [2.75, 3.05) is 13.7 Å². The van der Waals surface area contributed by atoms with Gasteiger partial charge in [-0.25, -0.2) is 0 Å². The van der Waals surface area contributed by atoms with E-state index in [4.69, 9.17) is 10.5 Å². The second-order valence-corrected chi connectivity index (χ2v) is 6.02. The summed E-state index contributed by atoms with van der Waals surface area (Å²) in [5.41, 5.74) is 8.59. The highest BCUT2D eigenvalue weighted by Crippen LogP contribution is 2.27. The largest absolute Gasteiger partial charge is 0.496 e. The first-order valence-corrected chi connectivity index (χ1v) is 7.27. The number of rotatable bonds is 7. The fourth-order valence-corrected chi connectivity index (χ4v) is 2.74. The average Bonchev–Trinajstić information content (AvgIpc) is 2.35. The lowest BCUT2D eigenvalue weighted by atomic mass is 9.89. The van der Waals surface area contributed by atoms with Gasteiger partial charge in [0.25, 0.3) is 0 Å². The molecule has 0 aromatic heterocycles. The lowest BCUT2D eigenvalue weighted by Crippen LogP contribution is -2.20. The topological polar surface area (TPSA) is 52.3 Å². The maximum Gasteiger partial charge on any atom is 0.167 e. The molecule has 1 unspecified atom stereocenters. The Labute approximate surface area is 122 Å². The number of hydrogen-bond acceptors (Lipinski definition) is 3. The van der Waals surface area contributed by atoms with E-state index in [9.17, 15) is 4.79 Å². The smallest absolute Gasteiger partial charge is 0.167 e. The highest BCUT2D eigenvalue weighted by Gasteiger charge is 2.20. The molecule has 2 N–H and O–H groups in total. The van der Waals surface area contributed by atoms with Gasteiger partial charge in [0, 0.05) is 6.42 Å². The summed E-state index contributed by atoms with van der Waals surface area (Å²) >= 11 is 0. The first-order valence-electron chi connectivity index (χ1n) is 7.27. The first kappa shape index (κ1) is 16.7. The molecule has 0 saturated heterocycles. The van der Waals surface area contributed by atoms with E-state index in [2.05, 4.69) is 13.8 Å². The van der Waals surface area contributed by atoms with Gasteiger partial charge in [0.1, 0.15) is 5.75 Å². The fourth-order valence-electron chi connectivity index (χ4n) is 2.74. The fraction of sp³-hybridized carbons (Fsp3) is 0.588. The van der Waals surface area contributed by atoms with Crippen LogP contribution in [0, 0.1) is 25.7 Å². The summed E-state index contributed by atoms with van der Waals surface area (Å²) in [6.45, 7) is 8.83. The van der Waals surface area contributed by atoms with Crippen LogP contribution in [0.3, 0.4) is 0 Å². The predicted octanol–water partition coefficient (Wildman–Crippen LogP) is 3.51. The number of carbonyl (C=O) groups excluding carboxylic acids is 1. The maximum absolute atomic E-state index is 12.6. The quantitative estimate of drug-likeness (QED) is 0.776. The summed E-state index contributed by atoms with van der Waals surface area (Å²) in [5, 5.41) is 0. The molecule has 0 radical (unpaired) electrons. The van der Waals surface area contributed by atoms with Gasteiger partial charge in [0.05, 0.1) is 12.7 Å². The second kappa shape index (κ2) is 7.44. The summed E-state index contributed by atoms with van der Waals surface area (Å²) in [6, 6.07) is 3.94. The van der Waals surface area contributed by atoms with Crippen LogP contribution in [0.4, 0.5) is 0 Å². The zero-order valence-corrected chi connectivity index (χ0v) is 13.3. The van der Waals surface area contributed by atoms with Gasteiger partial charge in [0.15, 0.2) is 5.78 Å². The summed E-state index contributed by atoms with van der Waals surface area (Å²) in [5.74, 6) is 1.61. The van der Waals surface area contributed by atoms with Crippen LogP contribution in [-0.4, -0.2) is 19.4 Å². The van der Waals surface area contributed by atoms with Crippen LogP contribution >= 0.6 is 0 Å². The third-order valence-electron chi connectivity index (χ3n) is 3.55. The minimum absolute atomic E-state index is 0.135. The molecule has 0 fully saturated rings. The molecule has 1 atom stereocenters. The molecule has 1 rings (SSSR count). The Balaban J connectivity index is 2.97. The minimum atomic E-state index is 0.135. The van der Waals surface area contributed by atoms with Crippen LogP contribution in [0.5, 0.6) is 5.75 Å². The number of benzene rings is 1. The van der Waals surface area contributed by atoms with E-state index in [1.54, 1.807) is 7.11 Å². The van der Waals surface area contributed by atoms with Crippen LogP contribution in [0.1, 0.15) is 48.2 Å². The van der Waals surface area contributed by atoms with Gasteiger partial charge >= 0.3 is 0 Å². The number of nitrogens with two attached hydrogens (primary N) is 1. The van der Waals surface area contributed by atoms with Gasteiger partial charge in [-0.05, 0) is 55.8 Å². The Hall–Kier alpha value is -1.35. The summed E-state index contributed by atoms with van der Waals surface area (Å²) < 4.78 is 5.37. The molecule has 1 aromatic carbocycles. The molecular formula is C17H27NO2. The second-order valence-electron chi connectivity index (χ2n) is 6.02. The van der Waals surface area contributed by atoms with Gasteiger partial charge in [-0.15, -0.1) is 0 Å². The molecule has 0 aliphatic carbocycles. The van der Waals surface area contributed by atoms with Crippen LogP contribution in [0.25, 0.3) is 0 Å². The number of carbonyl (C=O) groups is 1. The van der Waals surface area contributed by atoms with Crippen molar-refractivity contribution in [2.24, 2.45) is 17.6 Å². The van der Waals surface area contributed by atoms with E-state index in [1.807, 2.05) is 26.0 Å². The van der Waals surface area contributed by atoms with Crippen molar-refractivity contribution in [1.82, 2.24) is 0 Å². The van der Waals surface area contributed by atoms with Gasteiger partial charge in [0.2, 0.25) is 0 Å². The Kier molecular flexibility index (Phi) is 6.21. The lowest BCUT2D eigenvalue weighted by molar-refractivity contribution is 0.0954.